The lowest BCUT2D eigenvalue weighted by atomic mass is 9.86. The van der Waals surface area contributed by atoms with E-state index in [1.807, 2.05) is 17.8 Å². The van der Waals surface area contributed by atoms with Crippen LogP contribution in [0.5, 0.6) is 5.88 Å². The number of hydrogen-bond acceptors (Lipinski definition) is 5. The van der Waals surface area contributed by atoms with Gasteiger partial charge in [0.15, 0.2) is 6.23 Å². The Balaban J connectivity index is 1.78. The lowest BCUT2D eigenvalue weighted by Crippen LogP contribution is -2.18. The summed E-state index contributed by atoms with van der Waals surface area (Å²) in [5.41, 5.74) is 6.11. The summed E-state index contributed by atoms with van der Waals surface area (Å²) in [6.45, 7) is 7.21. The van der Waals surface area contributed by atoms with Gasteiger partial charge in [-0.05, 0) is 67.2 Å². The average Bonchev–Trinajstić information content (AvgIpc) is 3.27. The second-order valence-corrected chi connectivity index (χ2v) is 9.34. The van der Waals surface area contributed by atoms with E-state index < -0.39 is 0 Å². The van der Waals surface area contributed by atoms with Gasteiger partial charge in [-0.2, -0.15) is 10.4 Å². The molecular formula is C24H26N4O2. The summed E-state index contributed by atoms with van der Waals surface area (Å²) in [4.78, 5) is 4.39. The number of ether oxygens (including phenoxy) is 1. The van der Waals surface area contributed by atoms with Gasteiger partial charge in [-0.3, -0.25) is 0 Å². The number of aryl methyl sites for hydroxylation is 1. The van der Waals surface area contributed by atoms with Gasteiger partial charge in [0, 0.05) is 23.3 Å². The van der Waals surface area contributed by atoms with Crippen molar-refractivity contribution >= 4 is 10.9 Å². The molecule has 0 saturated carbocycles. The first-order chi connectivity index (χ1) is 14.4. The summed E-state index contributed by atoms with van der Waals surface area (Å²) >= 11 is 0. The van der Waals surface area contributed by atoms with Crippen LogP contribution in [0.2, 0.25) is 0 Å². The zero-order chi connectivity index (χ0) is 21.0. The molecule has 0 spiro atoms. The minimum atomic E-state index is -0.177. The number of rotatable bonds is 2. The topological polar surface area (TPSA) is 84.0 Å². The fourth-order valence-corrected chi connectivity index (χ4v) is 5.08. The van der Waals surface area contributed by atoms with Crippen molar-refractivity contribution in [2.24, 2.45) is 5.41 Å². The van der Waals surface area contributed by atoms with Gasteiger partial charge in [0.1, 0.15) is 11.6 Å². The predicted molar refractivity (Wildman–Crippen MR) is 114 cm³/mol. The molecule has 1 aliphatic heterocycles. The third-order valence-electron chi connectivity index (χ3n) is 6.45. The molecule has 0 amide bonds. The largest absolute Gasteiger partial charge is 0.492 e. The summed E-state index contributed by atoms with van der Waals surface area (Å²) in [5.74, 6) is -0.177. The highest BCUT2D eigenvalue weighted by Crippen LogP contribution is 2.46. The molecule has 1 unspecified atom stereocenters. The van der Waals surface area contributed by atoms with Crippen LogP contribution in [0.3, 0.4) is 0 Å². The van der Waals surface area contributed by atoms with Gasteiger partial charge in [-0.15, -0.1) is 0 Å². The van der Waals surface area contributed by atoms with Crippen molar-refractivity contribution in [1.29, 1.82) is 5.26 Å². The summed E-state index contributed by atoms with van der Waals surface area (Å²) in [6.07, 6.45) is 6.60. The van der Waals surface area contributed by atoms with Crippen LogP contribution < -0.4 is 0 Å². The van der Waals surface area contributed by atoms with E-state index in [-0.39, 0.29) is 23.1 Å². The van der Waals surface area contributed by atoms with Gasteiger partial charge >= 0.3 is 0 Å². The average molecular weight is 402 g/mol. The van der Waals surface area contributed by atoms with Crippen LogP contribution in [0, 0.1) is 23.7 Å². The van der Waals surface area contributed by atoms with E-state index in [1.54, 1.807) is 0 Å². The first-order valence-corrected chi connectivity index (χ1v) is 10.6. The van der Waals surface area contributed by atoms with E-state index >= 15 is 0 Å². The van der Waals surface area contributed by atoms with Gasteiger partial charge in [-0.1, -0.05) is 19.9 Å². The van der Waals surface area contributed by atoms with E-state index in [9.17, 15) is 10.4 Å². The third-order valence-corrected chi connectivity index (χ3v) is 6.45. The number of hydrogen-bond donors (Lipinski definition) is 1. The van der Waals surface area contributed by atoms with Crippen molar-refractivity contribution in [2.45, 2.75) is 59.1 Å². The van der Waals surface area contributed by atoms with Gasteiger partial charge in [-0.25, -0.2) is 9.67 Å². The number of nitriles is 1. The molecule has 1 aromatic carbocycles. The molecule has 5 rings (SSSR count). The summed E-state index contributed by atoms with van der Waals surface area (Å²) in [6, 6.07) is 6.37. The first kappa shape index (κ1) is 19.1. The minimum Gasteiger partial charge on any atom is -0.492 e. The zero-order valence-electron chi connectivity index (χ0n) is 17.7. The van der Waals surface area contributed by atoms with E-state index in [1.165, 1.54) is 0 Å². The predicted octanol–water partition coefficient (Wildman–Crippen LogP) is 4.81. The molecule has 6 heteroatoms. The molecule has 1 fully saturated rings. The molecule has 2 aliphatic rings. The van der Waals surface area contributed by atoms with E-state index in [0.717, 1.165) is 77.6 Å². The Morgan fingerprint density at radius 3 is 2.80 bits per heavy atom. The van der Waals surface area contributed by atoms with Crippen molar-refractivity contribution in [1.82, 2.24) is 14.8 Å². The van der Waals surface area contributed by atoms with E-state index in [0.29, 0.717) is 0 Å². The van der Waals surface area contributed by atoms with E-state index in [4.69, 9.17) is 4.74 Å². The summed E-state index contributed by atoms with van der Waals surface area (Å²) in [7, 11) is 0. The SMILES string of the molecule is Cc1ccc2c(cnn2C2CCCCO2)c1-c1c(C#N)c(O)nc2c1CC(C)(C)C2. The van der Waals surface area contributed by atoms with Gasteiger partial charge in [0.25, 0.3) is 0 Å². The Kier molecular flexibility index (Phi) is 4.33. The quantitative estimate of drug-likeness (QED) is 0.665. The second kappa shape index (κ2) is 6.82. The molecule has 3 heterocycles. The maximum Gasteiger partial charge on any atom is 0.230 e. The summed E-state index contributed by atoms with van der Waals surface area (Å²) in [5, 5.41) is 26.1. The van der Waals surface area contributed by atoms with Crippen molar-refractivity contribution < 1.29 is 9.84 Å². The fourth-order valence-electron chi connectivity index (χ4n) is 5.08. The maximum absolute atomic E-state index is 10.6. The molecule has 2 aromatic heterocycles. The van der Waals surface area contributed by atoms with Gasteiger partial charge < -0.3 is 9.84 Å². The molecule has 0 bridgehead atoms. The monoisotopic (exact) mass is 402 g/mol. The minimum absolute atomic E-state index is 0.0481. The first-order valence-electron chi connectivity index (χ1n) is 10.6. The van der Waals surface area contributed by atoms with Crippen molar-refractivity contribution in [3.05, 3.63) is 40.7 Å². The number of nitrogens with zero attached hydrogens (tertiary/aromatic N) is 4. The number of fused-ring (bicyclic) bond motifs is 2. The van der Waals surface area contributed by atoms with Gasteiger partial charge in [0.05, 0.1) is 11.7 Å². The van der Waals surface area contributed by atoms with Crippen LogP contribution in [0.15, 0.2) is 18.3 Å². The van der Waals surface area contributed by atoms with Crippen LogP contribution in [0.25, 0.3) is 22.0 Å². The Labute approximate surface area is 176 Å². The van der Waals surface area contributed by atoms with Crippen molar-refractivity contribution in [2.75, 3.05) is 6.61 Å². The molecule has 154 valence electrons. The molecule has 6 nitrogen and oxygen atoms in total. The molecule has 30 heavy (non-hydrogen) atoms. The number of aromatic hydroxyl groups is 1. The zero-order valence-corrected chi connectivity index (χ0v) is 17.7. The number of pyridine rings is 1. The smallest absolute Gasteiger partial charge is 0.230 e. The lowest BCUT2D eigenvalue weighted by Gasteiger charge is -2.23. The van der Waals surface area contributed by atoms with Crippen LogP contribution in [0.1, 0.15) is 61.7 Å². The van der Waals surface area contributed by atoms with Gasteiger partial charge in [0.2, 0.25) is 5.88 Å². The Morgan fingerprint density at radius 1 is 1.23 bits per heavy atom. The highest BCUT2D eigenvalue weighted by Gasteiger charge is 2.35. The van der Waals surface area contributed by atoms with Crippen LogP contribution >= 0.6 is 0 Å². The molecule has 1 N–H and O–H groups in total. The molecular weight excluding hydrogens is 376 g/mol. The molecule has 1 saturated heterocycles. The second-order valence-electron chi connectivity index (χ2n) is 9.34. The standard InChI is InChI=1S/C24H26N4O2/c1-14-7-8-19-17(13-26-28(19)20-6-4-5-9-30-20)21(14)22-15-10-24(2,3)11-18(15)27-23(29)16(22)12-25/h7-8,13,20H,4-6,9-11H2,1-3H3,(H,27,29). The molecule has 1 atom stereocenters. The maximum atomic E-state index is 10.6. The number of benzene rings is 1. The lowest BCUT2D eigenvalue weighted by molar-refractivity contribution is -0.0366. The summed E-state index contributed by atoms with van der Waals surface area (Å²) < 4.78 is 7.94. The highest BCUT2D eigenvalue weighted by atomic mass is 16.5. The molecule has 0 radical (unpaired) electrons. The Morgan fingerprint density at radius 2 is 2.07 bits per heavy atom. The van der Waals surface area contributed by atoms with Crippen molar-refractivity contribution in [3.8, 4) is 23.1 Å². The van der Waals surface area contributed by atoms with Crippen molar-refractivity contribution in [3.63, 3.8) is 0 Å². The third kappa shape index (κ3) is 2.88. The van der Waals surface area contributed by atoms with Crippen LogP contribution in [-0.4, -0.2) is 26.5 Å². The normalized spacial score (nSPS) is 20.3. The Hall–Kier alpha value is -2.91. The van der Waals surface area contributed by atoms with Crippen LogP contribution in [0.4, 0.5) is 0 Å². The van der Waals surface area contributed by atoms with Crippen LogP contribution in [-0.2, 0) is 17.6 Å². The fraction of sp³-hybridized carbons (Fsp3) is 0.458. The number of aromatic nitrogens is 3. The highest BCUT2D eigenvalue weighted by molar-refractivity contribution is 5.99. The molecule has 3 aromatic rings. The Bertz CT molecular complexity index is 1200. The van der Waals surface area contributed by atoms with E-state index in [2.05, 4.69) is 42.1 Å². The molecule has 1 aliphatic carbocycles.